The van der Waals surface area contributed by atoms with Crippen LogP contribution in [0.15, 0.2) is 24.3 Å². The van der Waals surface area contributed by atoms with Crippen molar-refractivity contribution < 1.29 is 27.1 Å². The van der Waals surface area contributed by atoms with Crippen molar-refractivity contribution >= 4 is 27.7 Å². The van der Waals surface area contributed by atoms with Gasteiger partial charge >= 0.3 is 5.97 Å². The number of benzene rings is 1. The molecule has 1 aromatic carbocycles. The van der Waals surface area contributed by atoms with E-state index in [4.69, 9.17) is 4.74 Å². The molecule has 3 rings (SSSR count). The number of nitrogens with zero attached hydrogens (tertiary/aromatic N) is 3. The van der Waals surface area contributed by atoms with Crippen LogP contribution in [0.5, 0.6) is 0 Å². The number of sulfonamides is 1. The number of pyridine rings is 1. The summed E-state index contributed by atoms with van der Waals surface area (Å²) < 4.78 is 45.6. The number of nitriles is 1. The molecule has 0 atom stereocenters. The van der Waals surface area contributed by atoms with Gasteiger partial charge in [0.25, 0.3) is 0 Å². The number of carbonyl (C=O) groups is 2. The summed E-state index contributed by atoms with van der Waals surface area (Å²) in [6, 6.07) is 7.50. The van der Waals surface area contributed by atoms with Crippen LogP contribution in [0.1, 0.15) is 39.7 Å². The van der Waals surface area contributed by atoms with Crippen molar-refractivity contribution in [1.29, 1.82) is 5.26 Å². The minimum absolute atomic E-state index is 0.0226. The first-order chi connectivity index (χ1) is 15.5. The van der Waals surface area contributed by atoms with Crippen molar-refractivity contribution in [3.63, 3.8) is 0 Å². The lowest BCUT2D eigenvalue weighted by atomic mass is 9.98. The van der Waals surface area contributed by atoms with Gasteiger partial charge in [0.05, 0.1) is 35.1 Å². The van der Waals surface area contributed by atoms with Gasteiger partial charge in [-0.3, -0.25) is 9.52 Å². The standard InChI is InChI=1S/C22H23FN4O5S/c1-4-32-22(29)18-8-15(9-24)20(25-14(18)3)27-10-17(11-27)21(28)26-33(30,31)12-16-7-13(2)5-6-19(16)23/h5-8,17H,4,10-12H2,1-3H3,(H,26,28). The zero-order chi connectivity index (χ0) is 24.3. The molecule has 1 aliphatic rings. The van der Waals surface area contributed by atoms with Crippen LogP contribution in [0.4, 0.5) is 10.2 Å². The van der Waals surface area contributed by atoms with Crippen LogP contribution < -0.4 is 9.62 Å². The van der Waals surface area contributed by atoms with Crippen molar-refractivity contribution in [2.45, 2.75) is 26.5 Å². The third-order valence-corrected chi connectivity index (χ3v) is 6.37. The van der Waals surface area contributed by atoms with E-state index in [1.54, 1.807) is 25.7 Å². The molecule has 1 aromatic heterocycles. The van der Waals surface area contributed by atoms with E-state index in [2.05, 4.69) is 4.98 Å². The molecule has 0 unspecified atom stereocenters. The van der Waals surface area contributed by atoms with Crippen LogP contribution >= 0.6 is 0 Å². The van der Waals surface area contributed by atoms with E-state index in [1.807, 2.05) is 10.8 Å². The second-order valence-electron chi connectivity index (χ2n) is 7.75. The Labute approximate surface area is 191 Å². The van der Waals surface area contributed by atoms with Gasteiger partial charge < -0.3 is 9.64 Å². The van der Waals surface area contributed by atoms with Crippen LogP contribution in [-0.2, 0) is 25.3 Å². The first-order valence-corrected chi connectivity index (χ1v) is 11.8. The van der Waals surface area contributed by atoms with E-state index >= 15 is 0 Å². The van der Waals surface area contributed by atoms with E-state index in [9.17, 15) is 27.7 Å². The molecule has 0 saturated carbocycles. The monoisotopic (exact) mass is 474 g/mol. The number of aromatic nitrogens is 1. The average Bonchev–Trinajstić information content (AvgIpc) is 2.69. The third-order valence-electron chi connectivity index (χ3n) is 5.16. The Kier molecular flexibility index (Phi) is 6.98. The summed E-state index contributed by atoms with van der Waals surface area (Å²) in [4.78, 5) is 30.4. The molecule has 33 heavy (non-hydrogen) atoms. The Balaban J connectivity index is 1.66. The SMILES string of the molecule is CCOC(=O)c1cc(C#N)c(N2CC(C(=O)NS(=O)(=O)Cc3cc(C)ccc3F)C2)nc1C. The molecule has 1 aliphatic heterocycles. The van der Waals surface area contributed by atoms with Crippen molar-refractivity contribution in [1.82, 2.24) is 9.71 Å². The van der Waals surface area contributed by atoms with Gasteiger partial charge in [-0.1, -0.05) is 17.7 Å². The molecule has 1 saturated heterocycles. The van der Waals surface area contributed by atoms with Crippen molar-refractivity contribution in [2.24, 2.45) is 5.92 Å². The fraction of sp³-hybridized carbons (Fsp3) is 0.364. The summed E-state index contributed by atoms with van der Waals surface area (Å²) in [6.07, 6.45) is 0. The van der Waals surface area contributed by atoms with E-state index in [1.165, 1.54) is 24.3 Å². The number of halogens is 1. The molecule has 174 valence electrons. The Morgan fingerprint density at radius 1 is 1.30 bits per heavy atom. The molecule has 0 radical (unpaired) electrons. The predicted molar refractivity (Wildman–Crippen MR) is 117 cm³/mol. The molecular weight excluding hydrogens is 451 g/mol. The molecule has 0 spiro atoms. The van der Waals surface area contributed by atoms with Crippen LogP contribution in [0.25, 0.3) is 0 Å². The fourth-order valence-corrected chi connectivity index (χ4v) is 4.62. The minimum atomic E-state index is -4.09. The first kappa shape index (κ1) is 24.1. The highest BCUT2D eigenvalue weighted by molar-refractivity contribution is 7.89. The second kappa shape index (κ2) is 9.54. The maximum Gasteiger partial charge on any atom is 0.340 e. The number of amides is 1. The highest BCUT2D eigenvalue weighted by atomic mass is 32.2. The van der Waals surface area contributed by atoms with Gasteiger partial charge in [-0.05, 0) is 32.9 Å². The molecule has 2 heterocycles. The summed E-state index contributed by atoms with van der Waals surface area (Å²) in [5.41, 5.74) is 1.38. The summed E-state index contributed by atoms with van der Waals surface area (Å²) in [5, 5.41) is 9.47. The Morgan fingerprint density at radius 2 is 2.00 bits per heavy atom. The Morgan fingerprint density at radius 3 is 2.64 bits per heavy atom. The normalized spacial score (nSPS) is 13.7. The van der Waals surface area contributed by atoms with Crippen molar-refractivity contribution in [3.8, 4) is 6.07 Å². The maximum absolute atomic E-state index is 13.9. The van der Waals surface area contributed by atoms with E-state index < -0.39 is 39.4 Å². The smallest absolute Gasteiger partial charge is 0.340 e. The predicted octanol–water partition coefficient (Wildman–Crippen LogP) is 1.97. The molecule has 11 heteroatoms. The van der Waals surface area contributed by atoms with Crippen LogP contribution in [0.2, 0.25) is 0 Å². The minimum Gasteiger partial charge on any atom is -0.462 e. The van der Waals surface area contributed by atoms with Gasteiger partial charge in [-0.2, -0.15) is 5.26 Å². The summed E-state index contributed by atoms with van der Waals surface area (Å²) in [6.45, 7) is 5.45. The number of esters is 1. The summed E-state index contributed by atoms with van der Waals surface area (Å²) in [7, 11) is -4.09. The van der Waals surface area contributed by atoms with E-state index in [-0.39, 0.29) is 36.4 Å². The van der Waals surface area contributed by atoms with Gasteiger partial charge in [0.1, 0.15) is 17.7 Å². The molecular formula is C22H23FN4O5S. The lowest BCUT2D eigenvalue weighted by Gasteiger charge is -2.39. The zero-order valence-electron chi connectivity index (χ0n) is 18.4. The van der Waals surface area contributed by atoms with E-state index in [0.29, 0.717) is 17.1 Å². The molecule has 9 nitrogen and oxygen atoms in total. The van der Waals surface area contributed by atoms with E-state index in [0.717, 1.165) is 0 Å². The Hall–Kier alpha value is -3.52. The lowest BCUT2D eigenvalue weighted by molar-refractivity contribution is -0.123. The number of ether oxygens (including phenoxy) is 1. The largest absolute Gasteiger partial charge is 0.462 e. The molecule has 2 aromatic rings. The zero-order valence-corrected chi connectivity index (χ0v) is 19.2. The first-order valence-electron chi connectivity index (χ1n) is 10.2. The number of rotatable bonds is 7. The number of aryl methyl sites for hydroxylation is 2. The fourth-order valence-electron chi connectivity index (χ4n) is 3.44. The highest BCUT2D eigenvalue weighted by Gasteiger charge is 2.37. The molecule has 1 fully saturated rings. The summed E-state index contributed by atoms with van der Waals surface area (Å²) >= 11 is 0. The molecule has 1 amide bonds. The van der Waals surface area contributed by atoms with Crippen molar-refractivity contribution in [2.75, 3.05) is 24.6 Å². The molecule has 0 aliphatic carbocycles. The topological polar surface area (TPSA) is 129 Å². The van der Waals surface area contributed by atoms with Crippen LogP contribution in [-0.4, -0.2) is 45.0 Å². The number of hydrogen-bond acceptors (Lipinski definition) is 8. The Bertz CT molecular complexity index is 1250. The number of hydrogen-bond donors (Lipinski definition) is 1. The second-order valence-corrected chi connectivity index (χ2v) is 9.47. The lowest BCUT2D eigenvalue weighted by Crippen LogP contribution is -2.55. The summed E-state index contributed by atoms with van der Waals surface area (Å²) in [5.74, 6) is -2.96. The van der Waals surface area contributed by atoms with Gasteiger partial charge in [0.15, 0.2) is 0 Å². The quantitative estimate of drug-likeness (QED) is 0.603. The molecule has 0 bridgehead atoms. The third kappa shape index (κ3) is 5.46. The average molecular weight is 475 g/mol. The maximum atomic E-state index is 13.9. The molecule has 1 N–H and O–H groups in total. The number of nitrogens with one attached hydrogen (secondary N) is 1. The number of anilines is 1. The highest BCUT2D eigenvalue weighted by Crippen LogP contribution is 2.28. The van der Waals surface area contributed by atoms with Crippen LogP contribution in [0, 0.1) is 36.9 Å². The van der Waals surface area contributed by atoms with Gasteiger partial charge in [-0.25, -0.2) is 22.6 Å². The number of carbonyl (C=O) groups excluding carboxylic acids is 2. The van der Waals surface area contributed by atoms with Crippen LogP contribution in [0.3, 0.4) is 0 Å². The van der Waals surface area contributed by atoms with Gasteiger partial charge in [0.2, 0.25) is 15.9 Å². The van der Waals surface area contributed by atoms with Gasteiger partial charge in [-0.15, -0.1) is 0 Å². The van der Waals surface area contributed by atoms with Gasteiger partial charge in [0, 0.05) is 18.7 Å². The van der Waals surface area contributed by atoms with Crippen molar-refractivity contribution in [3.05, 3.63) is 58.0 Å².